The van der Waals surface area contributed by atoms with Crippen molar-refractivity contribution in [3.05, 3.63) is 47.5 Å². The number of likely N-dealkylation sites (tertiary alicyclic amines) is 1. The fourth-order valence-electron chi connectivity index (χ4n) is 4.08. The van der Waals surface area contributed by atoms with Gasteiger partial charge in [-0.3, -0.25) is 9.59 Å². The zero-order valence-corrected chi connectivity index (χ0v) is 20.4. The molecule has 3 rings (SSSR count). The number of rotatable bonds is 10. The van der Waals surface area contributed by atoms with Crippen molar-refractivity contribution in [3.63, 3.8) is 0 Å². The number of amides is 2. The van der Waals surface area contributed by atoms with Crippen LogP contribution in [0.25, 0.3) is 0 Å². The van der Waals surface area contributed by atoms with Crippen LogP contribution in [0.3, 0.4) is 0 Å². The van der Waals surface area contributed by atoms with Crippen LogP contribution in [0.1, 0.15) is 42.1 Å². The van der Waals surface area contributed by atoms with Gasteiger partial charge in [0.1, 0.15) is 0 Å². The van der Waals surface area contributed by atoms with Gasteiger partial charge in [-0.25, -0.2) is 0 Å². The van der Waals surface area contributed by atoms with Gasteiger partial charge in [-0.2, -0.15) is 0 Å². The molecule has 2 amide bonds. The highest BCUT2D eigenvalue weighted by Gasteiger charge is 2.25. The van der Waals surface area contributed by atoms with Crippen LogP contribution in [0.2, 0.25) is 0 Å². The van der Waals surface area contributed by atoms with Crippen molar-refractivity contribution in [1.29, 1.82) is 0 Å². The summed E-state index contributed by atoms with van der Waals surface area (Å²) in [5.74, 6) is 2.45. The summed E-state index contributed by atoms with van der Waals surface area (Å²) in [7, 11) is 4.72. The second-order valence-electron chi connectivity index (χ2n) is 8.12. The van der Waals surface area contributed by atoms with Gasteiger partial charge in [0.05, 0.1) is 27.9 Å². The number of piperidine rings is 1. The molecule has 184 valence electrons. The third-order valence-corrected chi connectivity index (χ3v) is 5.95. The molecule has 8 heteroatoms. The molecular weight excluding hydrogens is 436 g/mol. The lowest BCUT2D eigenvalue weighted by molar-refractivity contribution is -0.122. The highest BCUT2D eigenvalue weighted by atomic mass is 16.5. The van der Waals surface area contributed by atoms with Crippen LogP contribution in [0, 0.1) is 0 Å². The minimum absolute atomic E-state index is 0.0116. The van der Waals surface area contributed by atoms with Crippen molar-refractivity contribution in [2.24, 2.45) is 0 Å². The molecule has 1 heterocycles. The second-order valence-corrected chi connectivity index (χ2v) is 8.12. The number of hydrogen-bond donors (Lipinski definition) is 1. The molecule has 34 heavy (non-hydrogen) atoms. The van der Waals surface area contributed by atoms with Crippen LogP contribution in [0.15, 0.2) is 36.4 Å². The summed E-state index contributed by atoms with van der Waals surface area (Å²) < 4.78 is 21.5. The molecule has 1 fully saturated rings. The smallest absolute Gasteiger partial charge is 0.253 e. The first-order valence-electron chi connectivity index (χ1n) is 11.6. The van der Waals surface area contributed by atoms with Gasteiger partial charge in [-0.15, -0.1) is 0 Å². The van der Waals surface area contributed by atoms with Crippen molar-refractivity contribution in [1.82, 2.24) is 10.2 Å². The van der Waals surface area contributed by atoms with Gasteiger partial charge in [0.2, 0.25) is 5.91 Å². The van der Waals surface area contributed by atoms with Gasteiger partial charge in [0.25, 0.3) is 5.91 Å². The summed E-state index contributed by atoms with van der Waals surface area (Å²) in [6.45, 7) is 3.67. The summed E-state index contributed by atoms with van der Waals surface area (Å²) in [6, 6.07) is 11.0. The Morgan fingerprint density at radius 2 is 1.56 bits per heavy atom. The summed E-state index contributed by atoms with van der Waals surface area (Å²) in [6.07, 6.45) is 2.45. The highest BCUT2D eigenvalue weighted by molar-refractivity contribution is 5.95. The zero-order valence-electron chi connectivity index (χ0n) is 20.4. The first-order chi connectivity index (χ1) is 16.5. The number of hydrogen-bond acceptors (Lipinski definition) is 6. The van der Waals surface area contributed by atoms with Crippen molar-refractivity contribution in [2.45, 2.75) is 38.6 Å². The minimum atomic E-state index is -0.0461. The lowest BCUT2D eigenvalue weighted by Crippen LogP contribution is -2.46. The largest absolute Gasteiger partial charge is 0.493 e. The van der Waals surface area contributed by atoms with Crippen LogP contribution in [0.5, 0.6) is 23.0 Å². The van der Waals surface area contributed by atoms with Gasteiger partial charge in [0, 0.05) is 31.1 Å². The summed E-state index contributed by atoms with van der Waals surface area (Å²) >= 11 is 0. The molecular formula is C26H34N2O6. The Morgan fingerprint density at radius 3 is 2.21 bits per heavy atom. The molecule has 1 N–H and O–H groups in total. The van der Waals surface area contributed by atoms with Gasteiger partial charge >= 0.3 is 0 Å². The van der Waals surface area contributed by atoms with E-state index < -0.39 is 0 Å². The van der Waals surface area contributed by atoms with Crippen LogP contribution in [-0.2, 0) is 11.2 Å². The molecule has 0 atom stereocenters. The van der Waals surface area contributed by atoms with Crippen LogP contribution in [0.4, 0.5) is 0 Å². The fourth-order valence-corrected chi connectivity index (χ4v) is 4.08. The predicted molar refractivity (Wildman–Crippen MR) is 129 cm³/mol. The monoisotopic (exact) mass is 470 g/mol. The van der Waals surface area contributed by atoms with Crippen LogP contribution >= 0.6 is 0 Å². The first kappa shape index (κ1) is 25.2. The van der Waals surface area contributed by atoms with Crippen LogP contribution in [-0.4, -0.2) is 63.8 Å². The van der Waals surface area contributed by atoms with E-state index in [4.69, 9.17) is 18.9 Å². The Bertz CT molecular complexity index is 985. The molecule has 8 nitrogen and oxygen atoms in total. The van der Waals surface area contributed by atoms with Crippen molar-refractivity contribution in [3.8, 4) is 23.0 Å². The molecule has 2 aromatic rings. The van der Waals surface area contributed by atoms with Gasteiger partial charge in [-0.05, 0) is 62.1 Å². The summed E-state index contributed by atoms with van der Waals surface area (Å²) in [4.78, 5) is 27.2. The van der Waals surface area contributed by atoms with E-state index in [0.717, 1.165) is 18.4 Å². The molecule has 1 saturated heterocycles. The Balaban J connectivity index is 1.47. The van der Waals surface area contributed by atoms with Gasteiger partial charge < -0.3 is 29.2 Å². The Kier molecular flexibility index (Phi) is 9.01. The van der Waals surface area contributed by atoms with E-state index >= 15 is 0 Å². The standard InChI is InChI=1S/C26H34N2O6/c1-5-34-22-9-6-18(16-23(22)32-3)7-11-25(29)27-20-12-14-28(15-13-20)26(30)19-8-10-21(31-2)24(17-19)33-4/h6,8-10,16-17,20H,5,7,11-15H2,1-4H3,(H,27,29). The molecule has 0 spiro atoms. The molecule has 0 aromatic heterocycles. The number of carbonyl (C=O) groups excluding carboxylic acids is 2. The maximum Gasteiger partial charge on any atom is 0.253 e. The second kappa shape index (κ2) is 12.2. The van der Waals surface area contributed by atoms with Crippen molar-refractivity contribution < 1.29 is 28.5 Å². The van der Waals surface area contributed by atoms with E-state index in [1.165, 1.54) is 0 Å². The molecule has 2 aromatic carbocycles. The highest BCUT2D eigenvalue weighted by Crippen LogP contribution is 2.29. The molecule has 1 aliphatic heterocycles. The number of methoxy groups -OCH3 is 3. The number of nitrogens with zero attached hydrogens (tertiary/aromatic N) is 1. The lowest BCUT2D eigenvalue weighted by atomic mass is 10.0. The number of carbonyl (C=O) groups is 2. The third-order valence-electron chi connectivity index (χ3n) is 5.95. The van der Waals surface area contributed by atoms with Gasteiger partial charge in [-0.1, -0.05) is 6.07 Å². The predicted octanol–water partition coefficient (Wildman–Crippen LogP) is 3.46. The molecule has 0 unspecified atom stereocenters. The lowest BCUT2D eigenvalue weighted by Gasteiger charge is -2.32. The van der Waals surface area contributed by atoms with E-state index in [2.05, 4.69) is 5.32 Å². The molecule has 0 radical (unpaired) electrons. The molecule has 0 bridgehead atoms. The van der Waals surface area contributed by atoms with Crippen molar-refractivity contribution in [2.75, 3.05) is 41.0 Å². The summed E-state index contributed by atoms with van der Waals surface area (Å²) in [5, 5.41) is 3.11. The number of ether oxygens (including phenoxy) is 4. The molecule has 0 saturated carbocycles. The maximum atomic E-state index is 12.9. The third kappa shape index (κ3) is 6.34. The number of aryl methyl sites for hydroxylation is 1. The van der Waals surface area contributed by atoms with E-state index in [-0.39, 0.29) is 17.9 Å². The van der Waals surface area contributed by atoms with E-state index in [0.29, 0.717) is 61.1 Å². The van der Waals surface area contributed by atoms with E-state index in [1.807, 2.05) is 30.0 Å². The topological polar surface area (TPSA) is 86.3 Å². The molecule has 0 aliphatic carbocycles. The minimum Gasteiger partial charge on any atom is -0.493 e. The van der Waals surface area contributed by atoms with E-state index in [9.17, 15) is 9.59 Å². The van der Waals surface area contributed by atoms with Crippen LogP contribution < -0.4 is 24.3 Å². The Hall–Kier alpha value is -3.42. The average Bonchev–Trinajstić information content (AvgIpc) is 2.87. The number of nitrogens with one attached hydrogen (secondary N) is 1. The van der Waals surface area contributed by atoms with Gasteiger partial charge in [0.15, 0.2) is 23.0 Å². The maximum absolute atomic E-state index is 12.9. The zero-order chi connectivity index (χ0) is 24.5. The molecule has 1 aliphatic rings. The quantitative estimate of drug-likeness (QED) is 0.572. The SMILES string of the molecule is CCOc1ccc(CCC(=O)NC2CCN(C(=O)c3ccc(OC)c(OC)c3)CC2)cc1OC. The summed E-state index contributed by atoms with van der Waals surface area (Å²) in [5.41, 5.74) is 1.58. The Labute approximate surface area is 201 Å². The van der Waals surface area contributed by atoms with E-state index in [1.54, 1.807) is 39.5 Å². The normalized spacial score (nSPS) is 13.8. The fraction of sp³-hybridized carbons (Fsp3) is 0.462. The average molecular weight is 471 g/mol. The van der Waals surface area contributed by atoms with Crippen molar-refractivity contribution >= 4 is 11.8 Å². The number of benzene rings is 2. The Morgan fingerprint density at radius 1 is 0.912 bits per heavy atom. The first-order valence-corrected chi connectivity index (χ1v) is 11.6.